The molecule has 1 aromatic carbocycles. The molecule has 2 N–H and O–H groups in total. The molecule has 0 fully saturated rings. The van der Waals surface area contributed by atoms with Crippen molar-refractivity contribution in [3.63, 3.8) is 0 Å². The first-order valence-electron chi connectivity index (χ1n) is 7.62. The molecule has 2 aromatic rings. The number of rotatable bonds is 4. The summed E-state index contributed by atoms with van der Waals surface area (Å²) >= 11 is 0. The third kappa shape index (κ3) is 3.60. The number of nitrogens with zero attached hydrogens (tertiary/aromatic N) is 3. The largest absolute Gasteiger partial charge is 0.479 e. The van der Waals surface area contributed by atoms with E-state index in [1.54, 1.807) is 36.3 Å². The van der Waals surface area contributed by atoms with E-state index < -0.39 is 30.0 Å². The second kappa shape index (κ2) is 6.65. The van der Waals surface area contributed by atoms with Gasteiger partial charge in [0.25, 0.3) is 5.91 Å². The Morgan fingerprint density at radius 2 is 2.12 bits per heavy atom. The number of amides is 2. The molecule has 0 bridgehead atoms. The number of benzene rings is 1. The lowest BCUT2D eigenvalue weighted by molar-refractivity contribution is -0.144. The fourth-order valence-electron chi connectivity index (χ4n) is 2.43. The number of alkyl halides is 3. The van der Waals surface area contributed by atoms with E-state index in [4.69, 9.17) is 4.74 Å². The fraction of sp³-hybridized carbons (Fsp3) is 0.333. The number of ether oxygens (including phenoxy) is 1. The Balaban J connectivity index is 1.64. The van der Waals surface area contributed by atoms with Crippen LogP contribution in [0.1, 0.15) is 19.2 Å². The minimum absolute atomic E-state index is 0.0337. The van der Waals surface area contributed by atoms with Gasteiger partial charge < -0.3 is 9.64 Å². The average Bonchev–Trinajstić information content (AvgIpc) is 3.04. The topological polar surface area (TPSA) is 100 Å². The standard InChI is InChI=1S/C15H14F3N5O3/c1-8-12(25)23(9-4-2-3-5-10(9)26-8)7-6-11(24)19-14-20-13(21-22-14)15(16,17)18/h2-5,8H,6-7H2,1H3,(H2,19,20,21,22,24). The lowest BCUT2D eigenvalue weighted by Crippen LogP contribution is -2.45. The molecule has 1 unspecified atom stereocenters. The summed E-state index contributed by atoms with van der Waals surface area (Å²) in [5, 5.41) is 7.15. The molecule has 0 saturated heterocycles. The minimum atomic E-state index is -4.68. The number of hydrogen-bond donors (Lipinski definition) is 2. The van der Waals surface area contributed by atoms with E-state index >= 15 is 0 Å². The van der Waals surface area contributed by atoms with Crippen LogP contribution in [0.4, 0.5) is 24.8 Å². The normalized spacial score (nSPS) is 16.8. The summed E-state index contributed by atoms with van der Waals surface area (Å²) < 4.78 is 42.8. The van der Waals surface area contributed by atoms with Crippen molar-refractivity contribution in [1.82, 2.24) is 15.2 Å². The van der Waals surface area contributed by atoms with Crippen LogP contribution in [0, 0.1) is 0 Å². The van der Waals surface area contributed by atoms with Crippen LogP contribution in [0.3, 0.4) is 0 Å². The molecule has 3 rings (SSSR count). The Kier molecular flexibility index (Phi) is 4.53. The number of carbonyl (C=O) groups is 2. The number of fused-ring (bicyclic) bond motifs is 1. The van der Waals surface area contributed by atoms with E-state index in [9.17, 15) is 22.8 Å². The fourth-order valence-corrected chi connectivity index (χ4v) is 2.43. The van der Waals surface area contributed by atoms with Gasteiger partial charge in [-0.3, -0.25) is 20.0 Å². The first-order chi connectivity index (χ1) is 12.3. The molecule has 138 valence electrons. The van der Waals surface area contributed by atoms with Crippen LogP contribution in [0.15, 0.2) is 24.3 Å². The van der Waals surface area contributed by atoms with E-state index in [0.29, 0.717) is 11.4 Å². The van der Waals surface area contributed by atoms with Crippen molar-refractivity contribution in [1.29, 1.82) is 0 Å². The molecular formula is C15H14F3N5O3. The second-order valence-corrected chi connectivity index (χ2v) is 5.52. The van der Waals surface area contributed by atoms with Crippen molar-refractivity contribution in [3.05, 3.63) is 30.1 Å². The van der Waals surface area contributed by atoms with Gasteiger partial charge in [0.05, 0.1) is 5.69 Å². The summed E-state index contributed by atoms with van der Waals surface area (Å²) in [5.74, 6) is -2.21. The van der Waals surface area contributed by atoms with Gasteiger partial charge >= 0.3 is 6.18 Å². The van der Waals surface area contributed by atoms with Crippen LogP contribution in [-0.4, -0.2) is 39.6 Å². The molecule has 26 heavy (non-hydrogen) atoms. The monoisotopic (exact) mass is 369 g/mol. The molecule has 0 aliphatic carbocycles. The second-order valence-electron chi connectivity index (χ2n) is 5.52. The van der Waals surface area contributed by atoms with Crippen LogP contribution < -0.4 is 15.0 Å². The van der Waals surface area contributed by atoms with E-state index in [1.165, 1.54) is 4.90 Å². The maximum Gasteiger partial charge on any atom is 0.451 e. The number of hydrogen-bond acceptors (Lipinski definition) is 5. The molecule has 2 amide bonds. The molecular weight excluding hydrogens is 355 g/mol. The highest BCUT2D eigenvalue weighted by Crippen LogP contribution is 2.33. The van der Waals surface area contributed by atoms with E-state index in [-0.39, 0.29) is 18.9 Å². The maximum atomic E-state index is 12.4. The minimum Gasteiger partial charge on any atom is -0.479 e. The Morgan fingerprint density at radius 1 is 1.38 bits per heavy atom. The van der Waals surface area contributed by atoms with Crippen molar-refractivity contribution >= 4 is 23.5 Å². The summed E-state index contributed by atoms with van der Waals surface area (Å²) in [5.41, 5.74) is 0.528. The van der Waals surface area contributed by atoms with Gasteiger partial charge in [0.2, 0.25) is 17.7 Å². The van der Waals surface area contributed by atoms with Gasteiger partial charge in [0.15, 0.2) is 6.10 Å². The Labute approximate surface area is 145 Å². The van der Waals surface area contributed by atoms with E-state index in [2.05, 4.69) is 15.4 Å². The summed E-state index contributed by atoms with van der Waals surface area (Å²) in [6, 6.07) is 6.87. The van der Waals surface area contributed by atoms with Gasteiger partial charge in [-0.1, -0.05) is 12.1 Å². The van der Waals surface area contributed by atoms with Gasteiger partial charge in [-0.05, 0) is 19.1 Å². The zero-order chi connectivity index (χ0) is 18.9. The van der Waals surface area contributed by atoms with E-state index in [0.717, 1.165) is 0 Å². The number of aromatic nitrogens is 3. The summed E-state index contributed by atoms with van der Waals surface area (Å²) in [4.78, 5) is 28.8. The van der Waals surface area contributed by atoms with Crippen molar-refractivity contribution < 1.29 is 27.5 Å². The molecule has 0 saturated carbocycles. The van der Waals surface area contributed by atoms with Crippen molar-refractivity contribution in [2.24, 2.45) is 0 Å². The third-order valence-electron chi connectivity index (χ3n) is 3.64. The van der Waals surface area contributed by atoms with Crippen LogP contribution in [0.25, 0.3) is 0 Å². The molecule has 8 nitrogen and oxygen atoms in total. The first-order valence-corrected chi connectivity index (χ1v) is 7.62. The number of para-hydroxylation sites is 2. The predicted molar refractivity (Wildman–Crippen MR) is 83.5 cm³/mol. The zero-order valence-electron chi connectivity index (χ0n) is 13.5. The van der Waals surface area contributed by atoms with Crippen molar-refractivity contribution in [2.75, 3.05) is 16.8 Å². The Hall–Kier alpha value is -3.11. The third-order valence-corrected chi connectivity index (χ3v) is 3.64. The number of H-pyrrole nitrogens is 1. The zero-order valence-corrected chi connectivity index (χ0v) is 13.5. The highest BCUT2D eigenvalue weighted by molar-refractivity contribution is 6.00. The molecule has 1 atom stereocenters. The van der Waals surface area contributed by atoms with E-state index in [1.807, 2.05) is 0 Å². The lowest BCUT2D eigenvalue weighted by atomic mass is 10.1. The quantitative estimate of drug-likeness (QED) is 0.858. The maximum absolute atomic E-state index is 12.4. The first kappa shape index (κ1) is 17.7. The van der Waals surface area contributed by atoms with Crippen molar-refractivity contribution in [3.8, 4) is 5.75 Å². The molecule has 1 aromatic heterocycles. The highest BCUT2D eigenvalue weighted by atomic mass is 19.4. The van der Waals surface area contributed by atoms with Crippen molar-refractivity contribution in [2.45, 2.75) is 25.6 Å². The van der Waals surface area contributed by atoms with Crippen LogP contribution in [-0.2, 0) is 15.8 Å². The number of nitrogens with one attached hydrogen (secondary N) is 2. The molecule has 11 heteroatoms. The van der Waals surface area contributed by atoms with Gasteiger partial charge in [-0.15, -0.1) is 5.10 Å². The Morgan fingerprint density at radius 3 is 2.81 bits per heavy atom. The van der Waals surface area contributed by atoms with Gasteiger partial charge in [-0.25, -0.2) is 0 Å². The summed E-state index contributed by atoms with van der Waals surface area (Å²) in [6.07, 6.45) is -5.53. The highest BCUT2D eigenvalue weighted by Gasteiger charge is 2.35. The van der Waals surface area contributed by atoms with Crippen LogP contribution in [0.2, 0.25) is 0 Å². The smallest absolute Gasteiger partial charge is 0.451 e. The van der Waals surface area contributed by atoms with Gasteiger partial charge in [-0.2, -0.15) is 18.2 Å². The predicted octanol–water partition coefficient (Wildman–Crippen LogP) is 1.97. The molecule has 1 aliphatic heterocycles. The Bertz CT molecular complexity index is 836. The number of anilines is 2. The SMILES string of the molecule is CC1Oc2ccccc2N(CCC(=O)Nc2n[nH]c(C(F)(F)F)n2)C1=O. The van der Waals surface area contributed by atoms with Gasteiger partial charge in [0, 0.05) is 13.0 Å². The summed E-state index contributed by atoms with van der Waals surface area (Å²) in [7, 11) is 0. The average molecular weight is 369 g/mol. The molecule has 1 aliphatic rings. The molecule has 2 heterocycles. The number of aromatic amines is 1. The van der Waals surface area contributed by atoms with Gasteiger partial charge in [0.1, 0.15) is 5.75 Å². The number of halogens is 3. The number of carbonyl (C=O) groups excluding carboxylic acids is 2. The molecule has 0 spiro atoms. The summed E-state index contributed by atoms with van der Waals surface area (Å²) in [6.45, 7) is 1.63. The molecule has 0 radical (unpaired) electrons. The van der Waals surface area contributed by atoms with Crippen LogP contribution >= 0.6 is 0 Å². The lowest BCUT2D eigenvalue weighted by Gasteiger charge is -2.32. The van der Waals surface area contributed by atoms with Crippen LogP contribution in [0.5, 0.6) is 5.75 Å².